The zero-order valence-corrected chi connectivity index (χ0v) is 12.6. The third-order valence-electron chi connectivity index (χ3n) is 3.04. The second-order valence-electron chi connectivity index (χ2n) is 4.64. The monoisotopic (exact) mass is 306 g/mol. The summed E-state index contributed by atoms with van der Waals surface area (Å²) in [7, 11) is 0. The molecule has 0 fully saturated rings. The lowest BCUT2D eigenvalue weighted by molar-refractivity contribution is 0.102. The SMILES string of the molecule is CCNc1ccc(C(=O)Nc2ccc(F)cc2Cl)cc1C. The first-order valence-electron chi connectivity index (χ1n) is 6.62. The third kappa shape index (κ3) is 3.73. The van der Waals surface area contributed by atoms with Gasteiger partial charge in [-0.25, -0.2) is 4.39 Å². The molecule has 0 spiro atoms. The summed E-state index contributed by atoms with van der Waals surface area (Å²) in [5, 5.41) is 6.06. The van der Waals surface area contributed by atoms with Crippen molar-refractivity contribution in [3.05, 3.63) is 58.4 Å². The van der Waals surface area contributed by atoms with Crippen LogP contribution in [-0.4, -0.2) is 12.5 Å². The molecule has 1 amide bonds. The summed E-state index contributed by atoms with van der Waals surface area (Å²) < 4.78 is 13.0. The number of amides is 1. The van der Waals surface area contributed by atoms with Gasteiger partial charge in [0.2, 0.25) is 0 Å². The van der Waals surface area contributed by atoms with E-state index in [1.807, 2.05) is 19.9 Å². The van der Waals surface area contributed by atoms with Crippen molar-refractivity contribution in [1.82, 2.24) is 0 Å². The third-order valence-corrected chi connectivity index (χ3v) is 3.35. The number of anilines is 2. The number of nitrogens with one attached hydrogen (secondary N) is 2. The lowest BCUT2D eigenvalue weighted by atomic mass is 10.1. The van der Waals surface area contributed by atoms with Gasteiger partial charge in [0.1, 0.15) is 5.82 Å². The average molecular weight is 307 g/mol. The van der Waals surface area contributed by atoms with E-state index >= 15 is 0 Å². The van der Waals surface area contributed by atoms with Gasteiger partial charge in [0.25, 0.3) is 5.91 Å². The van der Waals surface area contributed by atoms with Crippen LogP contribution in [-0.2, 0) is 0 Å². The summed E-state index contributed by atoms with van der Waals surface area (Å²) in [6.07, 6.45) is 0. The smallest absolute Gasteiger partial charge is 0.255 e. The van der Waals surface area contributed by atoms with Crippen molar-refractivity contribution < 1.29 is 9.18 Å². The van der Waals surface area contributed by atoms with Crippen LogP contribution >= 0.6 is 11.6 Å². The number of halogens is 2. The summed E-state index contributed by atoms with van der Waals surface area (Å²) in [5.41, 5.74) is 2.88. The Kier molecular flexibility index (Phi) is 4.81. The van der Waals surface area contributed by atoms with Crippen LogP contribution in [0.15, 0.2) is 36.4 Å². The quantitative estimate of drug-likeness (QED) is 0.875. The minimum absolute atomic E-state index is 0.171. The van der Waals surface area contributed by atoms with Crippen LogP contribution in [0.2, 0.25) is 5.02 Å². The number of carbonyl (C=O) groups is 1. The number of hydrogen-bond donors (Lipinski definition) is 2. The molecule has 2 aromatic carbocycles. The summed E-state index contributed by atoms with van der Waals surface area (Å²) >= 11 is 5.89. The van der Waals surface area contributed by atoms with Gasteiger partial charge in [-0.15, -0.1) is 0 Å². The molecule has 0 heterocycles. The summed E-state index contributed by atoms with van der Waals surface area (Å²) in [5.74, 6) is -0.724. The zero-order chi connectivity index (χ0) is 15.4. The number of benzene rings is 2. The van der Waals surface area contributed by atoms with E-state index in [-0.39, 0.29) is 10.9 Å². The Morgan fingerprint density at radius 1 is 1.19 bits per heavy atom. The van der Waals surface area contributed by atoms with Crippen molar-refractivity contribution in [2.24, 2.45) is 0 Å². The molecule has 0 aliphatic carbocycles. The molecular formula is C16H16ClFN2O. The molecule has 2 rings (SSSR count). The standard InChI is InChI=1S/C16H16ClFN2O/c1-3-19-14-6-4-11(8-10(14)2)16(21)20-15-7-5-12(18)9-13(15)17/h4-9,19H,3H2,1-2H3,(H,20,21). The highest BCUT2D eigenvalue weighted by molar-refractivity contribution is 6.33. The van der Waals surface area contributed by atoms with Crippen molar-refractivity contribution in [2.75, 3.05) is 17.2 Å². The van der Waals surface area contributed by atoms with Crippen LogP contribution in [0.3, 0.4) is 0 Å². The van der Waals surface area contributed by atoms with E-state index in [2.05, 4.69) is 10.6 Å². The topological polar surface area (TPSA) is 41.1 Å². The molecule has 0 aromatic heterocycles. The maximum absolute atomic E-state index is 13.0. The summed E-state index contributed by atoms with van der Waals surface area (Å²) in [6, 6.07) is 9.25. The molecule has 3 nitrogen and oxygen atoms in total. The molecular weight excluding hydrogens is 291 g/mol. The lowest BCUT2D eigenvalue weighted by Crippen LogP contribution is -2.13. The predicted octanol–water partition coefficient (Wildman–Crippen LogP) is 4.47. The minimum atomic E-state index is -0.441. The predicted molar refractivity (Wildman–Crippen MR) is 84.7 cm³/mol. The van der Waals surface area contributed by atoms with Gasteiger partial charge in [0.05, 0.1) is 10.7 Å². The van der Waals surface area contributed by atoms with E-state index in [9.17, 15) is 9.18 Å². The van der Waals surface area contributed by atoms with Crippen LogP contribution in [0, 0.1) is 12.7 Å². The summed E-state index contributed by atoms with van der Waals surface area (Å²) in [6.45, 7) is 4.76. The molecule has 0 unspecified atom stereocenters. The van der Waals surface area contributed by atoms with Crippen LogP contribution < -0.4 is 10.6 Å². The van der Waals surface area contributed by atoms with Gasteiger partial charge < -0.3 is 10.6 Å². The van der Waals surface area contributed by atoms with Crippen molar-refractivity contribution >= 4 is 28.9 Å². The van der Waals surface area contributed by atoms with E-state index in [1.54, 1.807) is 12.1 Å². The van der Waals surface area contributed by atoms with Crippen molar-refractivity contribution in [1.29, 1.82) is 0 Å². The summed E-state index contributed by atoms with van der Waals surface area (Å²) in [4.78, 5) is 12.2. The number of carbonyl (C=O) groups excluding carboxylic acids is 1. The second-order valence-corrected chi connectivity index (χ2v) is 5.05. The highest BCUT2D eigenvalue weighted by atomic mass is 35.5. The van der Waals surface area contributed by atoms with Gasteiger partial charge in [-0.2, -0.15) is 0 Å². The fourth-order valence-electron chi connectivity index (χ4n) is 1.98. The number of hydrogen-bond acceptors (Lipinski definition) is 2. The maximum Gasteiger partial charge on any atom is 0.255 e. The van der Waals surface area contributed by atoms with Gasteiger partial charge in [-0.05, 0) is 55.8 Å². The van der Waals surface area contributed by atoms with Crippen LogP contribution in [0.25, 0.3) is 0 Å². The minimum Gasteiger partial charge on any atom is -0.385 e. The molecule has 0 atom stereocenters. The van der Waals surface area contributed by atoms with Gasteiger partial charge in [-0.3, -0.25) is 4.79 Å². The van der Waals surface area contributed by atoms with Crippen LogP contribution in [0.5, 0.6) is 0 Å². The molecule has 110 valence electrons. The van der Waals surface area contributed by atoms with Gasteiger partial charge in [0, 0.05) is 17.8 Å². The first kappa shape index (κ1) is 15.3. The Balaban J connectivity index is 2.18. The Bertz CT molecular complexity index is 673. The van der Waals surface area contributed by atoms with Gasteiger partial charge in [-0.1, -0.05) is 11.6 Å². The molecule has 0 aliphatic heterocycles. The molecule has 0 saturated carbocycles. The van der Waals surface area contributed by atoms with Crippen molar-refractivity contribution in [2.45, 2.75) is 13.8 Å². The maximum atomic E-state index is 13.0. The van der Waals surface area contributed by atoms with E-state index in [0.29, 0.717) is 11.3 Å². The molecule has 2 aromatic rings. The molecule has 0 aliphatic rings. The fraction of sp³-hybridized carbons (Fsp3) is 0.188. The van der Waals surface area contributed by atoms with Gasteiger partial charge >= 0.3 is 0 Å². The van der Waals surface area contributed by atoms with E-state index < -0.39 is 5.82 Å². The van der Waals surface area contributed by atoms with E-state index in [0.717, 1.165) is 23.9 Å². The largest absolute Gasteiger partial charge is 0.385 e. The lowest BCUT2D eigenvalue weighted by Gasteiger charge is -2.11. The normalized spacial score (nSPS) is 10.3. The molecule has 0 radical (unpaired) electrons. The Hall–Kier alpha value is -2.07. The molecule has 2 N–H and O–H groups in total. The van der Waals surface area contributed by atoms with Crippen LogP contribution in [0.4, 0.5) is 15.8 Å². The second kappa shape index (κ2) is 6.59. The molecule has 0 bridgehead atoms. The Labute approximate surface area is 128 Å². The Morgan fingerprint density at radius 3 is 2.52 bits per heavy atom. The first-order chi connectivity index (χ1) is 10.0. The highest BCUT2D eigenvalue weighted by Crippen LogP contribution is 2.23. The number of aryl methyl sites for hydroxylation is 1. The van der Waals surface area contributed by atoms with Crippen molar-refractivity contribution in [3.63, 3.8) is 0 Å². The highest BCUT2D eigenvalue weighted by Gasteiger charge is 2.10. The number of rotatable bonds is 4. The average Bonchev–Trinajstić information content (AvgIpc) is 2.44. The van der Waals surface area contributed by atoms with Crippen LogP contribution in [0.1, 0.15) is 22.8 Å². The fourth-order valence-corrected chi connectivity index (χ4v) is 2.19. The van der Waals surface area contributed by atoms with Crippen molar-refractivity contribution in [3.8, 4) is 0 Å². The van der Waals surface area contributed by atoms with E-state index in [4.69, 9.17) is 11.6 Å². The molecule has 21 heavy (non-hydrogen) atoms. The first-order valence-corrected chi connectivity index (χ1v) is 7.00. The molecule has 0 saturated heterocycles. The van der Waals surface area contributed by atoms with Gasteiger partial charge in [0.15, 0.2) is 0 Å². The van der Waals surface area contributed by atoms with E-state index in [1.165, 1.54) is 12.1 Å². The Morgan fingerprint density at radius 2 is 1.90 bits per heavy atom. The molecule has 5 heteroatoms. The zero-order valence-electron chi connectivity index (χ0n) is 11.8.